The van der Waals surface area contributed by atoms with E-state index >= 15 is 4.39 Å². The van der Waals surface area contributed by atoms with Gasteiger partial charge >= 0.3 is 6.18 Å². The summed E-state index contributed by atoms with van der Waals surface area (Å²) in [6, 6.07) is 16.5. The van der Waals surface area contributed by atoms with Gasteiger partial charge in [-0.1, -0.05) is 63.2 Å². The second-order valence-electron chi connectivity index (χ2n) is 22.1. The van der Waals surface area contributed by atoms with Gasteiger partial charge in [0, 0.05) is 93.3 Å². The van der Waals surface area contributed by atoms with Crippen molar-refractivity contribution in [3.05, 3.63) is 123 Å². The van der Waals surface area contributed by atoms with E-state index in [4.69, 9.17) is 14.2 Å². The lowest BCUT2D eigenvalue weighted by molar-refractivity contribution is -0.146. The number of aromatic nitrogens is 2. The number of alkyl halides is 3. The molecule has 2 aliphatic rings. The fourth-order valence-corrected chi connectivity index (χ4v) is 11.1. The van der Waals surface area contributed by atoms with E-state index in [9.17, 15) is 47.0 Å². The normalized spacial score (nSPS) is 18.3. The summed E-state index contributed by atoms with van der Waals surface area (Å²) in [6.45, 7) is 13.4. The number of halogens is 4. The van der Waals surface area contributed by atoms with E-state index < -0.39 is 58.1 Å². The molecule has 2 aromatic heterocycles. The number of β-amino-alcohol motifs (C(OH)–C–C–N with tert-alkyl or cyclic N) is 1. The summed E-state index contributed by atoms with van der Waals surface area (Å²) in [7, 11) is 1.99. The Morgan fingerprint density at radius 3 is 2.17 bits per heavy atom. The van der Waals surface area contributed by atoms with Crippen LogP contribution < -0.4 is 15.8 Å². The second kappa shape index (κ2) is 27.5. The average molecular weight is 1150 g/mol. The number of likely N-dealkylation sites (tertiary alicyclic amines) is 1. The predicted octanol–water partition coefficient (Wildman–Crippen LogP) is 9.21. The van der Waals surface area contributed by atoms with Crippen LogP contribution in [0.2, 0.25) is 0 Å². The van der Waals surface area contributed by atoms with Gasteiger partial charge in [-0.15, -0.1) is 11.3 Å². The zero-order valence-electron chi connectivity index (χ0n) is 46.8. The number of ether oxygens (including phenoxy) is 3. The monoisotopic (exact) mass is 1140 g/mol. The van der Waals surface area contributed by atoms with Crippen LogP contribution in [-0.4, -0.2) is 145 Å². The number of likely N-dealkylation sites (N-methyl/N-ethyl adjacent to an activating group) is 1. The van der Waals surface area contributed by atoms with Gasteiger partial charge in [-0.3, -0.25) is 33.7 Å². The number of nitrogens with zero attached hydrogens (tertiary/aromatic N) is 4. The van der Waals surface area contributed by atoms with Crippen molar-refractivity contribution in [1.82, 2.24) is 19.8 Å². The van der Waals surface area contributed by atoms with Crippen LogP contribution in [0, 0.1) is 24.1 Å². The molecule has 21 heteroatoms. The van der Waals surface area contributed by atoms with Crippen molar-refractivity contribution in [1.29, 1.82) is 0 Å². The van der Waals surface area contributed by atoms with E-state index in [1.54, 1.807) is 23.5 Å². The molecule has 2 fully saturated rings. The maximum absolute atomic E-state index is 15.9. The number of aromatic amines is 1. The maximum Gasteiger partial charge on any atom is 0.417 e. The molecule has 3 N–H and O–H groups in total. The number of aliphatic hydroxyl groups excluding tert-OH is 1. The van der Waals surface area contributed by atoms with Crippen molar-refractivity contribution < 1.29 is 60.9 Å². The van der Waals surface area contributed by atoms with Crippen LogP contribution in [0.4, 0.5) is 28.9 Å². The molecule has 436 valence electrons. The second-order valence-corrected chi connectivity index (χ2v) is 22.9. The molecule has 3 aromatic carbocycles. The molecule has 0 bridgehead atoms. The minimum atomic E-state index is -4.99. The summed E-state index contributed by atoms with van der Waals surface area (Å²) < 4.78 is 74.5. The number of carbonyl (C=O) groups is 5. The summed E-state index contributed by atoms with van der Waals surface area (Å²) in [5.41, 5.74) is 2.11. The molecule has 2 saturated heterocycles. The molecule has 0 aliphatic carbocycles. The van der Waals surface area contributed by atoms with E-state index in [0.717, 1.165) is 27.8 Å². The highest BCUT2D eigenvalue weighted by Crippen LogP contribution is 2.38. The third-order valence-corrected chi connectivity index (χ3v) is 16.0. The first-order chi connectivity index (χ1) is 38.4. The number of pyridine rings is 1. The fourth-order valence-electron chi connectivity index (χ4n) is 10.2. The minimum absolute atomic E-state index is 0.0169. The number of nitrogens with one attached hydrogen (secondary N) is 2. The van der Waals surface area contributed by atoms with Gasteiger partial charge in [0.25, 0.3) is 5.91 Å². The van der Waals surface area contributed by atoms with E-state index in [1.165, 1.54) is 23.1 Å². The number of carbonyl (C=O) groups excluding carboxylic acids is 5. The van der Waals surface area contributed by atoms with E-state index in [1.807, 2.05) is 83.3 Å². The third-order valence-electron chi connectivity index (χ3n) is 15.1. The van der Waals surface area contributed by atoms with Crippen molar-refractivity contribution in [3.63, 3.8) is 0 Å². The number of aliphatic hydroxyl groups is 1. The number of rotatable bonds is 25. The largest absolute Gasteiger partial charge is 0.417 e. The van der Waals surface area contributed by atoms with Crippen LogP contribution in [-0.2, 0) is 41.2 Å². The molecule has 5 atom stereocenters. The van der Waals surface area contributed by atoms with E-state index in [0.29, 0.717) is 49.4 Å². The van der Waals surface area contributed by atoms with Gasteiger partial charge in [0.05, 0.1) is 77.2 Å². The summed E-state index contributed by atoms with van der Waals surface area (Å²) in [5.74, 6) is -3.69. The lowest BCUT2D eigenvalue weighted by Crippen LogP contribution is -2.55. The third kappa shape index (κ3) is 16.4. The van der Waals surface area contributed by atoms with Crippen LogP contribution >= 0.6 is 11.3 Å². The first-order valence-electron chi connectivity index (χ1n) is 27.2. The Kier molecular flexibility index (Phi) is 21.1. The Bertz CT molecular complexity index is 3080. The molecular formula is C60H72F4N6O10S. The summed E-state index contributed by atoms with van der Waals surface area (Å²) in [5, 5.41) is 13.2. The SMILES string of the molecule is Cc1ncsc1-c1ccc(CCC(=O)[C@@H]2C[C@@H](O)CN2C(=O)[C@@H](CC(=O)COCCOCCOCCCC(=O)c2ccc(-c3ccc(N4C[C@@H](C)N(C)[C@@H](C)C4)c(NC(=O)c4c[nH]c(=O)cc4C(F)(F)F)c3)c(F)c2)C(C)(C)C)cc1. The number of aryl methyl sites for hydroxylation is 2. The first-order valence-corrected chi connectivity index (χ1v) is 28.1. The number of amides is 2. The number of hydrogen-bond acceptors (Lipinski definition) is 14. The van der Waals surface area contributed by atoms with Crippen LogP contribution in [0.25, 0.3) is 21.6 Å². The number of piperazine rings is 1. The highest BCUT2D eigenvalue weighted by Gasteiger charge is 2.44. The first kappa shape index (κ1) is 62.1. The molecule has 5 aromatic rings. The quantitative estimate of drug-likeness (QED) is 0.0284. The number of Topliss-reactive ketones (excluding diaryl/α,β-unsaturated/α-hetero) is 3. The van der Waals surface area contributed by atoms with Gasteiger partial charge in [0.2, 0.25) is 11.5 Å². The predicted molar refractivity (Wildman–Crippen MR) is 301 cm³/mol. The topological polar surface area (TPSA) is 201 Å². The highest BCUT2D eigenvalue weighted by molar-refractivity contribution is 7.13. The molecule has 4 heterocycles. The van der Waals surface area contributed by atoms with Crippen LogP contribution in [0.3, 0.4) is 0 Å². The molecule has 0 saturated carbocycles. The number of anilines is 2. The molecule has 0 spiro atoms. The van der Waals surface area contributed by atoms with Crippen LogP contribution in [0.5, 0.6) is 0 Å². The van der Waals surface area contributed by atoms with Crippen molar-refractivity contribution in [2.24, 2.45) is 11.3 Å². The van der Waals surface area contributed by atoms with Gasteiger partial charge in [-0.05, 0) is 81.0 Å². The maximum atomic E-state index is 15.9. The van der Waals surface area contributed by atoms with Gasteiger partial charge in [-0.2, -0.15) is 13.2 Å². The Hall–Kier alpha value is -6.49. The summed E-state index contributed by atoms with van der Waals surface area (Å²) in [4.78, 5) is 92.4. The van der Waals surface area contributed by atoms with Crippen molar-refractivity contribution in [2.45, 2.75) is 110 Å². The zero-order valence-corrected chi connectivity index (χ0v) is 47.6. The van der Waals surface area contributed by atoms with Gasteiger partial charge < -0.3 is 39.4 Å². The Balaban J connectivity index is 0.822. The molecule has 2 aliphatic heterocycles. The average Bonchev–Trinajstić information content (AvgIpc) is 4.22. The summed E-state index contributed by atoms with van der Waals surface area (Å²) >= 11 is 1.57. The molecule has 7 rings (SSSR count). The Morgan fingerprint density at radius 1 is 0.864 bits per heavy atom. The standard InChI is InChI=1S/C60H72F4N6O10S/c1-36-31-69(32-37(2)68(36)7)51-18-16-41(26-50(51)67-57(76)46-30-65-55(75)29-47(46)60(62,63)64)45-17-15-42(25-49(45)61)53(73)9-8-20-78-21-22-79-23-24-80-34-44(72)27-48(59(4,5)6)58(77)70-33-43(71)28-52(70)54(74)19-12-39-10-13-40(14-11-39)56-38(3)66-35-81-56/h10-11,13-18,25-26,29-30,35-37,43,48,52,71H,8-9,12,19-24,27-28,31-34H2,1-7H3,(H,65,75)(H,67,76)/t36-,37+,43-,48-,52+/m1/s1. The van der Waals surface area contributed by atoms with Crippen LogP contribution in [0.15, 0.2) is 83.2 Å². The molecular weight excluding hydrogens is 1070 g/mol. The van der Waals surface area contributed by atoms with Crippen molar-refractivity contribution >= 4 is 51.9 Å². The lowest BCUT2D eigenvalue weighted by atomic mass is 9.76. The van der Waals surface area contributed by atoms with E-state index in [2.05, 4.69) is 20.2 Å². The van der Waals surface area contributed by atoms with Gasteiger partial charge in [0.1, 0.15) is 12.4 Å². The Morgan fingerprint density at radius 2 is 1.53 bits per heavy atom. The summed E-state index contributed by atoms with van der Waals surface area (Å²) in [6.07, 6.45) is -4.01. The van der Waals surface area contributed by atoms with Crippen molar-refractivity contribution in [2.75, 3.05) is 76.5 Å². The molecule has 81 heavy (non-hydrogen) atoms. The number of hydrogen-bond donors (Lipinski definition) is 3. The number of benzene rings is 3. The number of H-pyrrole nitrogens is 1. The Labute approximate surface area is 473 Å². The molecule has 16 nitrogen and oxygen atoms in total. The van der Waals surface area contributed by atoms with Gasteiger partial charge in [0.15, 0.2) is 17.3 Å². The highest BCUT2D eigenvalue weighted by atomic mass is 32.1. The zero-order chi connectivity index (χ0) is 58.8. The van der Waals surface area contributed by atoms with Gasteiger partial charge in [-0.25, -0.2) is 9.37 Å². The molecule has 0 unspecified atom stereocenters. The van der Waals surface area contributed by atoms with Crippen LogP contribution in [0.1, 0.15) is 104 Å². The smallest absolute Gasteiger partial charge is 0.391 e. The number of ketones is 3. The number of thiazole rings is 1. The lowest BCUT2D eigenvalue weighted by Gasteiger charge is -2.44. The molecule has 0 radical (unpaired) electrons. The van der Waals surface area contributed by atoms with E-state index in [-0.39, 0.29) is 124 Å². The van der Waals surface area contributed by atoms with Crippen molar-refractivity contribution in [3.8, 4) is 21.6 Å². The fraction of sp³-hybridized carbons (Fsp3) is 0.483. The minimum Gasteiger partial charge on any atom is -0.391 e. The molecule has 2 amide bonds.